The molecule has 5 aromatic rings. The number of benzene rings is 2. The van der Waals surface area contributed by atoms with Crippen LogP contribution in [0.4, 0.5) is 0 Å². The molecular weight excluding hydrogens is 821 g/mol. The van der Waals surface area contributed by atoms with Crippen molar-refractivity contribution in [3.63, 3.8) is 0 Å². The number of rotatable bonds is 11. The largest absolute Gasteiger partial charge is 0.512 e. The van der Waals surface area contributed by atoms with Crippen LogP contribution in [-0.2, 0) is 36.7 Å². The van der Waals surface area contributed by atoms with E-state index in [1.807, 2.05) is 64.6 Å². The predicted molar refractivity (Wildman–Crippen MR) is 213 cm³/mol. The van der Waals surface area contributed by atoms with E-state index in [0.717, 1.165) is 76.7 Å². The van der Waals surface area contributed by atoms with Gasteiger partial charge in [-0.1, -0.05) is 105 Å². The van der Waals surface area contributed by atoms with Gasteiger partial charge in [0.05, 0.1) is 6.20 Å². The number of hydrogen-bond acceptors (Lipinski definition) is 4. The minimum atomic E-state index is -0.337. The molecule has 0 saturated heterocycles. The first-order valence-electron chi connectivity index (χ1n) is 18.7. The molecule has 0 unspecified atom stereocenters. The smallest absolute Gasteiger partial charge is 0.164 e. The Kier molecular flexibility index (Phi) is 14.3. The molecular formula is C46H59IrN2O3-. The zero-order valence-corrected chi connectivity index (χ0v) is 35.6. The van der Waals surface area contributed by atoms with Crippen LogP contribution in [0, 0.1) is 29.9 Å². The molecule has 5 rings (SSSR count). The number of carbonyl (C=O) groups excluding carboxylic acids is 1. The topological polar surface area (TPSA) is 67.2 Å². The fraction of sp³-hybridized carbons (Fsp3) is 0.435. The first-order chi connectivity index (χ1) is 24.0. The summed E-state index contributed by atoms with van der Waals surface area (Å²) in [7, 11) is 4.26. The van der Waals surface area contributed by atoms with Crippen LogP contribution >= 0.6 is 0 Å². The number of aromatic nitrogens is 2. The first-order valence-corrected chi connectivity index (χ1v) is 18.7. The van der Waals surface area contributed by atoms with Crippen LogP contribution in [0.1, 0.15) is 113 Å². The average molecular weight is 880 g/mol. The maximum atomic E-state index is 12.2. The predicted octanol–water partition coefficient (Wildman–Crippen LogP) is 12.2. The molecule has 0 atom stereocenters. The fourth-order valence-corrected chi connectivity index (χ4v) is 6.31. The second kappa shape index (κ2) is 17.4. The number of nitrogens with zero attached hydrogens (tertiary/aromatic N) is 2. The van der Waals surface area contributed by atoms with Crippen molar-refractivity contribution in [3.8, 4) is 22.5 Å². The number of aliphatic hydroxyl groups is 1. The molecule has 0 bridgehead atoms. The molecule has 2 aromatic carbocycles. The van der Waals surface area contributed by atoms with Crippen LogP contribution in [0.15, 0.2) is 83.2 Å². The van der Waals surface area contributed by atoms with Gasteiger partial charge in [0.25, 0.3) is 0 Å². The molecule has 0 saturated carbocycles. The molecule has 1 N–H and O–H groups in total. The SMILES string of the molecule is CCC(C)(CC)C(=O)/C=C(\O)C(C)(CC)CC.[CH2-][n+]1ccc(-c2nccc3cc(CC(C)C)oc23)cc1-c1[c-]c2ccccc2c(C(C)(C)C)c1.[Ir]. The Hall–Kier alpha value is -3.73. The molecule has 1 radical (unpaired) electrons. The minimum absolute atomic E-state index is 0. The molecule has 6 heteroatoms. The van der Waals surface area contributed by atoms with Crippen molar-refractivity contribution >= 4 is 27.5 Å². The number of allylic oxidation sites excluding steroid dienone is 2. The quantitative estimate of drug-likeness (QED) is 0.0621. The van der Waals surface area contributed by atoms with E-state index in [9.17, 15) is 9.90 Å². The molecule has 0 amide bonds. The van der Waals surface area contributed by atoms with Gasteiger partial charge in [-0.25, -0.2) is 0 Å². The average Bonchev–Trinajstić information content (AvgIpc) is 3.52. The summed E-state index contributed by atoms with van der Waals surface area (Å²) in [5.74, 6) is 1.82. The second-order valence-corrected chi connectivity index (χ2v) is 16.0. The Morgan fingerprint density at radius 2 is 1.58 bits per heavy atom. The minimum Gasteiger partial charge on any atom is -0.512 e. The fourth-order valence-electron chi connectivity index (χ4n) is 6.31. The maximum Gasteiger partial charge on any atom is 0.164 e. The summed E-state index contributed by atoms with van der Waals surface area (Å²) >= 11 is 0. The summed E-state index contributed by atoms with van der Waals surface area (Å²) in [6.07, 6.45) is 9.51. The molecule has 3 heterocycles. The Labute approximate surface area is 326 Å². The van der Waals surface area contributed by atoms with Crippen LogP contribution < -0.4 is 4.57 Å². The van der Waals surface area contributed by atoms with Gasteiger partial charge in [-0.2, -0.15) is 0 Å². The van der Waals surface area contributed by atoms with Crippen molar-refractivity contribution in [1.29, 1.82) is 0 Å². The second-order valence-electron chi connectivity index (χ2n) is 16.0. The van der Waals surface area contributed by atoms with E-state index in [0.29, 0.717) is 5.92 Å². The summed E-state index contributed by atoms with van der Waals surface area (Å²) in [5, 5.41) is 13.6. The van der Waals surface area contributed by atoms with Crippen LogP contribution in [0.2, 0.25) is 0 Å². The molecule has 0 aliphatic heterocycles. The molecule has 0 fully saturated rings. The van der Waals surface area contributed by atoms with Gasteiger partial charge in [0.1, 0.15) is 22.9 Å². The Balaban J connectivity index is 0.000000347. The number of ketones is 1. The summed E-state index contributed by atoms with van der Waals surface area (Å²) < 4.78 is 8.17. The van der Waals surface area contributed by atoms with Crippen molar-refractivity contribution in [2.45, 2.75) is 114 Å². The third-order valence-corrected chi connectivity index (χ3v) is 10.9. The van der Waals surface area contributed by atoms with E-state index >= 15 is 0 Å². The molecule has 0 aliphatic rings. The van der Waals surface area contributed by atoms with E-state index in [-0.39, 0.29) is 47.9 Å². The Morgan fingerprint density at radius 1 is 0.942 bits per heavy atom. The van der Waals surface area contributed by atoms with E-state index in [2.05, 4.69) is 96.3 Å². The van der Waals surface area contributed by atoms with Crippen molar-refractivity contribution in [2.24, 2.45) is 16.7 Å². The number of carbonyl (C=O) groups is 1. The van der Waals surface area contributed by atoms with Gasteiger partial charge in [-0.3, -0.25) is 9.78 Å². The van der Waals surface area contributed by atoms with Gasteiger partial charge in [0, 0.05) is 62.1 Å². The van der Waals surface area contributed by atoms with Gasteiger partial charge in [-0.15, -0.1) is 29.1 Å². The van der Waals surface area contributed by atoms with E-state index in [1.165, 1.54) is 17.0 Å². The Bertz CT molecular complexity index is 2010. The summed E-state index contributed by atoms with van der Waals surface area (Å²) in [6, 6.07) is 22.7. The standard InChI is InChI=1S/C31H31N2O.C15H28O2.Ir/c1-20(2)15-25-17-23-11-13-32-29(30(23)34-25)22-12-14-33(6)28(19-22)24-16-21-9-7-8-10-26(21)27(18-24)31(3,4)5;1-7-14(5,8-2)12(16)11-13(17)15(6,9-3)10-4;/h7-14,17-20H,6,15H2,1-5H3;11,16H,7-10H2,1-6H3;/q-1;;/b;12-11-;. The zero-order chi connectivity index (χ0) is 37.7. The van der Waals surface area contributed by atoms with Crippen molar-refractivity contribution < 1.29 is 39.0 Å². The van der Waals surface area contributed by atoms with Crippen LogP contribution in [0.5, 0.6) is 0 Å². The number of pyridine rings is 2. The van der Waals surface area contributed by atoms with Gasteiger partial charge < -0.3 is 14.1 Å². The normalized spacial score (nSPS) is 12.5. The van der Waals surface area contributed by atoms with Crippen LogP contribution in [0.3, 0.4) is 0 Å². The first kappa shape index (κ1) is 42.7. The summed E-state index contributed by atoms with van der Waals surface area (Å²) in [4.78, 5) is 16.9. The number of aliphatic hydroxyl groups excluding tert-OH is 1. The van der Waals surface area contributed by atoms with Gasteiger partial charge in [0.2, 0.25) is 0 Å². The third-order valence-electron chi connectivity index (χ3n) is 10.9. The van der Waals surface area contributed by atoms with Crippen molar-refractivity contribution in [2.75, 3.05) is 0 Å². The summed E-state index contributed by atoms with van der Waals surface area (Å²) in [5.41, 5.74) is 5.40. The molecule has 52 heavy (non-hydrogen) atoms. The number of furan rings is 1. The van der Waals surface area contributed by atoms with E-state index in [1.54, 1.807) is 0 Å². The molecule has 5 nitrogen and oxygen atoms in total. The third kappa shape index (κ3) is 9.43. The van der Waals surface area contributed by atoms with Gasteiger partial charge in [0.15, 0.2) is 11.4 Å². The number of hydrogen-bond donors (Lipinski definition) is 1. The van der Waals surface area contributed by atoms with Crippen LogP contribution in [0.25, 0.3) is 44.3 Å². The molecule has 3 aromatic heterocycles. The van der Waals surface area contributed by atoms with Crippen molar-refractivity contribution in [3.05, 3.63) is 103 Å². The molecule has 281 valence electrons. The molecule has 0 spiro atoms. The number of fused-ring (bicyclic) bond motifs is 2. The monoisotopic (exact) mass is 880 g/mol. The Morgan fingerprint density at radius 3 is 2.17 bits per heavy atom. The van der Waals surface area contributed by atoms with Crippen LogP contribution in [-0.4, -0.2) is 15.9 Å². The maximum absolute atomic E-state index is 12.2. The van der Waals surface area contributed by atoms with E-state index in [4.69, 9.17) is 9.40 Å². The molecule has 0 aliphatic carbocycles. The van der Waals surface area contributed by atoms with Gasteiger partial charge >= 0.3 is 0 Å². The summed E-state index contributed by atoms with van der Waals surface area (Å²) in [6.45, 7) is 23.2. The zero-order valence-electron chi connectivity index (χ0n) is 33.2. The van der Waals surface area contributed by atoms with Crippen molar-refractivity contribution in [1.82, 2.24) is 4.98 Å². The van der Waals surface area contributed by atoms with E-state index < -0.39 is 0 Å². The van der Waals surface area contributed by atoms with Gasteiger partial charge in [-0.05, 0) is 66.8 Å².